The van der Waals surface area contributed by atoms with Crippen molar-refractivity contribution < 1.29 is 24.1 Å². The molecule has 1 N–H and O–H groups in total. The summed E-state index contributed by atoms with van der Waals surface area (Å²) in [4.78, 5) is 11.4. The number of phenolic OH excluding ortho intramolecular Hbond substituents is 1. The van der Waals surface area contributed by atoms with E-state index in [2.05, 4.69) is 4.74 Å². The van der Waals surface area contributed by atoms with Gasteiger partial charge in [0.1, 0.15) is 12.2 Å². The largest absolute Gasteiger partial charge is 0.507 e. The lowest BCUT2D eigenvalue weighted by Crippen LogP contribution is -2.34. The van der Waals surface area contributed by atoms with E-state index in [9.17, 15) is 9.90 Å². The Morgan fingerprint density at radius 3 is 2.29 bits per heavy atom. The molecule has 1 aromatic carbocycles. The summed E-state index contributed by atoms with van der Waals surface area (Å²) >= 11 is 0. The molecule has 0 saturated heterocycles. The van der Waals surface area contributed by atoms with Crippen molar-refractivity contribution in [3.8, 4) is 5.75 Å². The predicted molar refractivity (Wildman–Crippen MR) is 60.4 cm³/mol. The molecule has 5 nitrogen and oxygen atoms in total. The van der Waals surface area contributed by atoms with Crippen molar-refractivity contribution in [1.29, 1.82) is 0 Å². The van der Waals surface area contributed by atoms with Gasteiger partial charge < -0.3 is 19.3 Å². The van der Waals surface area contributed by atoms with Crippen LogP contribution in [-0.4, -0.2) is 32.4 Å². The van der Waals surface area contributed by atoms with Gasteiger partial charge in [-0.1, -0.05) is 12.1 Å². The first kappa shape index (κ1) is 13.5. The number of carbonyl (C=O) groups excluding carboxylic acids is 1. The van der Waals surface area contributed by atoms with Crippen LogP contribution in [0.5, 0.6) is 5.75 Å². The van der Waals surface area contributed by atoms with Crippen LogP contribution in [0.4, 0.5) is 0 Å². The van der Waals surface area contributed by atoms with Crippen LogP contribution in [0.25, 0.3) is 0 Å². The smallest absolute Gasteiger partial charge is 0.311 e. The Morgan fingerprint density at radius 1 is 1.24 bits per heavy atom. The Morgan fingerprint density at radius 2 is 1.82 bits per heavy atom. The monoisotopic (exact) mass is 240 g/mol. The number of ether oxygens (including phenoxy) is 3. The number of para-hydroxylation sites is 1. The highest BCUT2D eigenvalue weighted by molar-refractivity contribution is 5.70. The zero-order valence-corrected chi connectivity index (χ0v) is 10.1. The van der Waals surface area contributed by atoms with Crippen LogP contribution < -0.4 is 0 Å². The third-order valence-corrected chi connectivity index (χ3v) is 2.58. The highest BCUT2D eigenvalue weighted by Crippen LogP contribution is 2.35. The van der Waals surface area contributed by atoms with Gasteiger partial charge in [0.15, 0.2) is 0 Å². The van der Waals surface area contributed by atoms with Crippen molar-refractivity contribution in [3.63, 3.8) is 0 Å². The van der Waals surface area contributed by atoms with Crippen LogP contribution in [0, 0.1) is 0 Å². The third-order valence-electron chi connectivity index (χ3n) is 2.58. The zero-order valence-electron chi connectivity index (χ0n) is 10.1. The fourth-order valence-electron chi connectivity index (χ4n) is 1.60. The summed E-state index contributed by atoms with van der Waals surface area (Å²) in [5.41, 5.74) is 0.385. The molecule has 0 spiro atoms. The van der Waals surface area contributed by atoms with Gasteiger partial charge in [0.25, 0.3) is 0 Å². The number of esters is 1. The maximum absolute atomic E-state index is 11.4. The van der Waals surface area contributed by atoms with Crippen LogP contribution >= 0.6 is 0 Å². The number of phenols is 1. The molecule has 0 aliphatic rings. The van der Waals surface area contributed by atoms with Gasteiger partial charge in [0, 0.05) is 14.2 Å². The van der Waals surface area contributed by atoms with Gasteiger partial charge in [-0.25, -0.2) is 0 Å². The second kappa shape index (κ2) is 5.65. The Kier molecular flexibility index (Phi) is 4.48. The summed E-state index contributed by atoms with van der Waals surface area (Å²) < 4.78 is 15.1. The molecular formula is C12H16O5. The molecule has 0 unspecified atom stereocenters. The fourth-order valence-corrected chi connectivity index (χ4v) is 1.60. The summed E-state index contributed by atoms with van der Waals surface area (Å²) in [5.74, 6) is -1.82. The van der Waals surface area contributed by atoms with Crippen LogP contribution in [0.2, 0.25) is 0 Å². The van der Waals surface area contributed by atoms with E-state index in [1.54, 1.807) is 18.2 Å². The van der Waals surface area contributed by atoms with Crippen molar-refractivity contribution in [2.75, 3.05) is 21.3 Å². The number of aromatic hydroxyl groups is 1. The minimum atomic E-state index is -1.33. The van der Waals surface area contributed by atoms with Crippen LogP contribution in [0.3, 0.4) is 0 Å². The van der Waals surface area contributed by atoms with Gasteiger partial charge >= 0.3 is 5.97 Å². The molecule has 0 saturated carbocycles. The average molecular weight is 240 g/mol. The van der Waals surface area contributed by atoms with E-state index in [1.165, 1.54) is 27.4 Å². The molecular weight excluding hydrogens is 224 g/mol. The van der Waals surface area contributed by atoms with Crippen molar-refractivity contribution in [2.45, 2.75) is 12.2 Å². The van der Waals surface area contributed by atoms with E-state index in [0.717, 1.165) is 0 Å². The molecule has 1 rings (SSSR count). The van der Waals surface area contributed by atoms with Gasteiger partial charge in [0.2, 0.25) is 5.79 Å². The van der Waals surface area contributed by atoms with E-state index < -0.39 is 11.8 Å². The second-order valence-electron chi connectivity index (χ2n) is 3.43. The van der Waals surface area contributed by atoms with Crippen molar-refractivity contribution in [3.05, 3.63) is 29.8 Å². The summed E-state index contributed by atoms with van der Waals surface area (Å²) in [7, 11) is 4.08. The lowest BCUT2D eigenvalue weighted by Gasteiger charge is -2.30. The van der Waals surface area contributed by atoms with Crippen molar-refractivity contribution >= 4 is 5.97 Å². The first-order valence-electron chi connectivity index (χ1n) is 5.05. The van der Waals surface area contributed by atoms with Crippen LogP contribution in [-0.2, 0) is 24.8 Å². The molecule has 94 valence electrons. The predicted octanol–water partition coefficient (Wildman–Crippen LogP) is 1.40. The molecule has 0 heterocycles. The fraction of sp³-hybridized carbons (Fsp3) is 0.417. The van der Waals surface area contributed by atoms with Gasteiger partial charge in [-0.15, -0.1) is 0 Å². The molecule has 0 aliphatic heterocycles. The number of benzene rings is 1. The lowest BCUT2D eigenvalue weighted by atomic mass is 10.0. The van der Waals surface area contributed by atoms with E-state index in [1.807, 2.05) is 0 Å². The number of hydrogen-bond donors (Lipinski definition) is 1. The average Bonchev–Trinajstić information content (AvgIpc) is 2.36. The molecule has 0 aliphatic carbocycles. The van der Waals surface area contributed by atoms with Gasteiger partial charge in [-0.05, 0) is 12.1 Å². The summed E-state index contributed by atoms with van der Waals surface area (Å²) in [6.07, 6.45) is -0.145. The minimum Gasteiger partial charge on any atom is -0.507 e. The van der Waals surface area contributed by atoms with Crippen LogP contribution in [0.15, 0.2) is 24.3 Å². The van der Waals surface area contributed by atoms with E-state index in [0.29, 0.717) is 5.56 Å². The van der Waals surface area contributed by atoms with Crippen molar-refractivity contribution in [2.24, 2.45) is 0 Å². The number of methoxy groups -OCH3 is 3. The Labute approximate surface area is 99.9 Å². The zero-order chi connectivity index (χ0) is 12.9. The summed E-state index contributed by atoms with van der Waals surface area (Å²) in [5, 5.41) is 9.78. The molecule has 1 aromatic rings. The molecule has 0 radical (unpaired) electrons. The summed E-state index contributed by atoms with van der Waals surface area (Å²) in [6, 6.07) is 6.52. The number of carbonyl (C=O) groups is 1. The quantitative estimate of drug-likeness (QED) is 0.622. The minimum absolute atomic E-state index is 0.0000954. The van der Waals surface area contributed by atoms with E-state index in [4.69, 9.17) is 9.47 Å². The molecule has 0 bridgehead atoms. The van der Waals surface area contributed by atoms with E-state index in [-0.39, 0.29) is 12.2 Å². The topological polar surface area (TPSA) is 65.0 Å². The molecule has 0 amide bonds. The van der Waals surface area contributed by atoms with Gasteiger partial charge in [-0.2, -0.15) is 0 Å². The second-order valence-corrected chi connectivity index (χ2v) is 3.43. The molecule has 0 aromatic heterocycles. The molecule has 17 heavy (non-hydrogen) atoms. The number of hydrogen-bond acceptors (Lipinski definition) is 5. The summed E-state index contributed by atoms with van der Waals surface area (Å²) in [6.45, 7) is 0. The van der Waals surface area contributed by atoms with E-state index >= 15 is 0 Å². The highest BCUT2D eigenvalue weighted by atomic mass is 16.7. The molecule has 5 heteroatoms. The Bertz CT molecular complexity index is 384. The maximum atomic E-state index is 11.4. The third kappa shape index (κ3) is 2.75. The SMILES string of the molecule is COC(=O)CC(OC)(OC)c1ccccc1O. The first-order valence-corrected chi connectivity index (χ1v) is 5.05. The standard InChI is InChI=1S/C12H16O5/c1-15-11(14)8-12(16-2,17-3)9-6-4-5-7-10(9)13/h4-7,13H,8H2,1-3H3. The number of rotatable bonds is 5. The first-order chi connectivity index (χ1) is 8.09. The molecule has 0 fully saturated rings. The lowest BCUT2D eigenvalue weighted by molar-refractivity contribution is -0.224. The van der Waals surface area contributed by atoms with Crippen molar-refractivity contribution in [1.82, 2.24) is 0 Å². The Balaban J connectivity index is 3.15. The maximum Gasteiger partial charge on any atom is 0.311 e. The van der Waals surface area contributed by atoms with Gasteiger partial charge in [0.05, 0.1) is 12.7 Å². The Hall–Kier alpha value is -1.59. The van der Waals surface area contributed by atoms with Crippen LogP contribution in [0.1, 0.15) is 12.0 Å². The molecule has 0 atom stereocenters. The van der Waals surface area contributed by atoms with Gasteiger partial charge in [-0.3, -0.25) is 4.79 Å². The highest BCUT2D eigenvalue weighted by Gasteiger charge is 2.37. The normalized spacial score (nSPS) is 11.2.